The smallest absolute Gasteiger partial charge is 0.142 e. The van der Waals surface area contributed by atoms with E-state index in [1.165, 1.54) is 0 Å². The molecule has 0 aliphatic carbocycles. The summed E-state index contributed by atoms with van der Waals surface area (Å²) in [7, 11) is 0. The number of halogens is 1. The lowest BCUT2D eigenvalue weighted by Crippen LogP contribution is -2.28. The van der Waals surface area contributed by atoms with Gasteiger partial charge in [0.15, 0.2) is 0 Å². The van der Waals surface area contributed by atoms with E-state index >= 15 is 0 Å². The molecule has 0 saturated carbocycles. The second-order valence-corrected chi connectivity index (χ2v) is 6.41. The van der Waals surface area contributed by atoms with Gasteiger partial charge in [-0.3, -0.25) is 4.79 Å². The molecule has 0 aromatic carbocycles. The highest BCUT2D eigenvalue weighted by Crippen LogP contribution is 2.29. The predicted octanol–water partition coefficient (Wildman–Crippen LogP) is 2.99. The average Bonchev–Trinajstić information content (AvgIpc) is 2.32. The Morgan fingerprint density at radius 3 is 2.85 bits per heavy atom. The highest BCUT2D eigenvalue weighted by molar-refractivity contribution is 9.11. The van der Waals surface area contributed by atoms with Gasteiger partial charge in [0, 0.05) is 23.8 Å². The van der Waals surface area contributed by atoms with E-state index in [-0.39, 0.29) is 0 Å². The third-order valence-electron chi connectivity index (χ3n) is 2.15. The van der Waals surface area contributed by atoms with Crippen LogP contribution in [0.25, 0.3) is 0 Å². The predicted molar refractivity (Wildman–Crippen MR) is 61.5 cm³/mol. The summed E-state index contributed by atoms with van der Waals surface area (Å²) in [6, 6.07) is 2.03. The Morgan fingerprint density at radius 1 is 1.62 bits per heavy atom. The molecule has 2 heterocycles. The van der Waals surface area contributed by atoms with E-state index in [1.54, 1.807) is 11.3 Å². The fraction of sp³-hybridized carbons (Fsp3) is 0.444. The highest BCUT2D eigenvalue weighted by atomic mass is 79.9. The number of hydrogen-bond donors (Lipinski definition) is 0. The second kappa shape index (κ2) is 4.15. The number of thioether (sulfide) groups is 1. The van der Waals surface area contributed by atoms with Crippen LogP contribution in [-0.4, -0.2) is 17.3 Å². The summed E-state index contributed by atoms with van der Waals surface area (Å²) in [5.74, 6) is 2.79. The van der Waals surface area contributed by atoms with Crippen LogP contribution in [0.1, 0.15) is 5.56 Å². The first kappa shape index (κ1) is 9.74. The number of Topliss-reactive ketones (excluding diaryl/α,β-unsaturated/α-hetero) is 1. The van der Waals surface area contributed by atoms with E-state index in [1.807, 2.05) is 23.2 Å². The molecule has 0 radical (unpaired) electrons. The van der Waals surface area contributed by atoms with Crippen molar-refractivity contribution in [2.75, 3.05) is 11.5 Å². The van der Waals surface area contributed by atoms with Crippen LogP contribution in [0.5, 0.6) is 0 Å². The van der Waals surface area contributed by atoms with Gasteiger partial charge < -0.3 is 0 Å². The summed E-state index contributed by atoms with van der Waals surface area (Å²) in [4.78, 5) is 11.6. The minimum atomic E-state index is 0.330. The van der Waals surface area contributed by atoms with Crippen LogP contribution in [0.3, 0.4) is 0 Å². The molecule has 4 heteroatoms. The van der Waals surface area contributed by atoms with Crippen LogP contribution in [0.15, 0.2) is 15.2 Å². The normalized spacial score (nSPS) is 17.0. The third kappa shape index (κ3) is 2.17. The van der Waals surface area contributed by atoms with Crippen molar-refractivity contribution in [1.29, 1.82) is 0 Å². The Labute approximate surface area is 94.0 Å². The molecule has 70 valence electrons. The lowest BCUT2D eigenvalue weighted by molar-refractivity contribution is -0.121. The molecule has 1 nitrogen and oxygen atoms in total. The zero-order valence-corrected chi connectivity index (χ0v) is 10.2. The van der Waals surface area contributed by atoms with E-state index in [2.05, 4.69) is 15.9 Å². The molecule has 0 amide bonds. The second-order valence-electron chi connectivity index (χ2n) is 3.10. The van der Waals surface area contributed by atoms with E-state index in [0.717, 1.165) is 20.9 Å². The number of thiophene rings is 1. The van der Waals surface area contributed by atoms with Gasteiger partial charge in [-0.2, -0.15) is 11.8 Å². The molecule has 0 bridgehead atoms. The largest absolute Gasteiger partial charge is 0.299 e. The Balaban J connectivity index is 1.97. The standard InChI is InChI=1S/C9H9BrOS2/c10-9-6(1-2-13-9)3-8(11)7-4-12-5-7/h1-2,7H,3-5H2. The van der Waals surface area contributed by atoms with Gasteiger partial charge in [-0.15, -0.1) is 11.3 Å². The van der Waals surface area contributed by atoms with E-state index in [9.17, 15) is 4.79 Å². The van der Waals surface area contributed by atoms with Crippen molar-refractivity contribution in [3.05, 3.63) is 20.8 Å². The third-order valence-corrected chi connectivity index (χ3v) is 5.24. The Kier molecular flexibility index (Phi) is 3.11. The maximum absolute atomic E-state index is 11.6. The summed E-state index contributed by atoms with van der Waals surface area (Å²) >= 11 is 6.95. The van der Waals surface area contributed by atoms with Crippen molar-refractivity contribution >= 4 is 44.8 Å². The number of carbonyl (C=O) groups excluding carboxylic acids is 1. The zero-order chi connectivity index (χ0) is 9.26. The van der Waals surface area contributed by atoms with Crippen molar-refractivity contribution in [2.24, 2.45) is 5.92 Å². The molecule has 1 aliphatic rings. The molecule has 1 aromatic heterocycles. The fourth-order valence-corrected chi connectivity index (χ4v) is 3.28. The van der Waals surface area contributed by atoms with Crippen molar-refractivity contribution in [1.82, 2.24) is 0 Å². The van der Waals surface area contributed by atoms with Gasteiger partial charge in [0.2, 0.25) is 0 Å². The maximum atomic E-state index is 11.6. The first-order valence-corrected chi connectivity index (χ1v) is 6.92. The summed E-state index contributed by atoms with van der Waals surface area (Å²) in [5.41, 5.74) is 1.15. The van der Waals surface area contributed by atoms with Crippen LogP contribution >= 0.6 is 39.0 Å². The van der Waals surface area contributed by atoms with Gasteiger partial charge in [0.1, 0.15) is 5.78 Å². The summed E-state index contributed by atoms with van der Waals surface area (Å²) in [6.07, 6.45) is 0.606. The topological polar surface area (TPSA) is 17.1 Å². The van der Waals surface area contributed by atoms with Crippen molar-refractivity contribution in [2.45, 2.75) is 6.42 Å². The van der Waals surface area contributed by atoms with Crippen LogP contribution in [0.2, 0.25) is 0 Å². The van der Waals surface area contributed by atoms with Gasteiger partial charge in [0.05, 0.1) is 3.79 Å². The van der Waals surface area contributed by atoms with Gasteiger partial charge in [0.25, 0.3) is 0 Å². The van der Waals surface area contributed by atoms with Crippen LogP contribution in [0.4, 0.5) is 0 Å². The quantitative estimate of drug-likeness (QED) is 0.845. The molecular weight excluding hydrogens is 268 g/mol. The molecular formula is C9H9BrOS2. The van der Waals surface area contributed by atoms with Crippen molar-refractivity contribution < 1.29 is 4.79 Å². The molecule has 13 heavy (non-hydrogen) atoms. The molecule has 0 atom stereocenters. The van der Waals surface area contributed by atoms with Crippen LogP contribution in [-0.2, 0) is 11.2 Å². The molecule has 1 aliphatic heterocycles. The molecule has 0 spiro atoms. The zero-order valence-electron chi connectivity index (χ0n) is 6.96. The van der Waals surface area contributed by atoms with E-state index < -0.39 is 0 Å². The monoisotopic (exact) mass is 276 g/mol. The molecule has 0 unspecified atom stereocenters. The lowest BCUT2D eigenvalue weighted by Gasteiger charge is -2.23. The molecule has 1 aromatic rings. The Hall–Kier alpha value is 0.200. The van der Waals surface area contributed by atoms with Gasteiger partial charge in [-0.05, 0) is 32.9 Å². The Morgan fingerprint density at radius 2 is 2.38 bits per heavy atom. The molecule has 2 rings (SSSR count). The molecule has 1 fully saturated rings. The average molecular weight is 277 g/mol. The minimum Gasteiger partial charge on any atom is -0.299 e. The molecule has 1 saturated heterocycles. The molecule has 0 N–H and O–H groups in total. The van der Waals surface area contributed by atoms with Gasteiger partial charge in [-0.25, -0.2) is 0 Å². The lowest BCUT2D eigenvalue weighted by atomic mass is 10.0. The van der Waals surface area contributed by atoms with Crippen molar-refractivity contribution in [3.63, 3.8) is 0 Å². The summed E-state index contributed by atoms with van der Waals surface area (Å²) in [6.45, 7) is 0. The number of hydrogen-bond acceptors (Lipinski definition) is 3. The first-order chi connectivity index (χ1) is 6.27. The Bertz CT molecular complexity index is 317. The van der Waals surface area contributed by atoms with Crippen LogP contribution in [0, 0.1) is 5.92 Å². The van der Waals surface area contributed by atoms with Crippen LogP contribution < -0.4 is 0 Å². The summed E-state index contributed by atoms with van der Waals surface area (Å²) < 4.78 is 1.10. The van der Waals surface area contributed by atoms with Crippen molar-refractivity contribution in [3.8, 4) is 0 Å². The highest BCUT2D eigenvalue weighted by Gasteiger charge is 2.26. The number of rotatable bonds is 3. The van der Waals surface area contributed by atoms with E-state index in [0.29, 0.717) is 18.1 Å². The SMILES string of the molecule is O=C(Cc1ccsc1Br)C1CSC1. The van der Waals surface area contributed by atoms with Gasteiger partial charge >= 0.3 is 0 Å². The summed E-state index contributed by atoms with van der Waals surface area (Å²) in [5, 5.41) is 2.02. The number of ketones is 1. The number of carbonyl (C=O) groups is 1. The maximum Gasteiger partial charge on any atom is 0.142 e. The first-order valence-electron chi connectivity index (χ1n) is 4.09. The minimum absolute atomic E-state index is 0.330. The fourth-order valence-electron chi connectivity index (χ4n) is 1.20. The van der Waals surface area contributed by atoms with E-state index in [4.69, 9.17) is 0 Å². The van der Waals surface area contributed by atoms with Gasteiger partial charge in [-0.1, -0.05) is 0 Å².